The average molecular weight is 627 g/mol. The summed E-state index contributed by atoms with van der Waals surface area (Å²) in [5.41, 5.74) is 1.63. The predicted molar refractivity (Wildman–Crippen MR) is 165 cm³/mol. The Hall–Kier alpha value is -3.93. The van der Waals surface area contributed by atoms with Crippen LogP contribution in [0, 0.1) is 5.82 Å². The molecule has 0 radical (unpaired) electrons. The SMILES string of the molecule is CCN(CC1(c2cc3c(Nc4ccc(OCc5cccc(F)c5)c(Cl)c4)ncnc3cc2OC)CC=CO1)S(=O)(=O)CC. The molecular weight excluding hydrogens is 595 g/mol. The third-order valence-corrected chi connectivity index (χ3v) is 9.50. The summed E-state index contributed by atoms with van der Waals surface area (Å²) in [7, 11) is -1.92. The number of fused-ring (bicyclic) bond motifs is 1. The number of methoxy groups -OCH3 is 1. The maximum Gasteiger partial charge on any atom is 0.213 e. The Balaban J connectivity index is 1.47. The van der Waals surface area contributed by atoms with Crippen molar-refractivity contribution in [1.29, 1.82) is 0 Å². The van der Waals surface area contributed by atoms with Crippen molar-refractivity contribution in [1.82, 2.24) is 14.3 Å². The Morgan fingerprint density at radius 1 is 1.12 bits per heavy atom. The van der Waals surface area contributed by atoms with Crippen molar-refractivity contribution in [3.63, 3.8) is 0 Å². The molecule has 1 aliphatic rings. The number of hydrogen-bond donors (Lipinski definition) is 1. The van der Waals surface area contributed by atoms with Gasteiger partial charge in [-0.1, -0.05) is 30.7 Å². The largest absolute Gasteiger partial charge is 0.496 e. The molecule has 0 fully saturated rings. The minimum Gasteiger partial charge on any atom is -0.496 e. The van der Waals surface area contributed by atoms with Gasteiger partial charge < -0.3 is 19.5 Å². The quantitative estimate of drug-likeness (QED) is 0.189. The molecule has 3 aromatic carbocycles. The van der Waals surface area contributed by atoms with Crippen LogP contribution in [0.5, 0.6) is 11.5 Å². The summed E-state index contributed by atoms with van der Waals surface area (Å²) in [5, 5.41) is 4.35. The van der Waals surface area contributed by atoms with Crippen molar-refractivity contribution >= 4 is 44.0 Å². The molecule has 0 bridgehead atoms. The lowest BCUT2D eigenvalue weighted by Gasteiger charge is -2.35. The van der Waals surface area contributed by atoms with Crippen molar-refractivity contribution in [3.8, 4) is 11.5 Å². The number of nitrogens with one attached hydrogen (secondary N) is 1. The predicted octanol–water partition coefficient (Wildman–Crippen LogP) is 6.55. The van der Waals surface area contributed by atoms with E-state index in [0.717, 1.165) is 0 Å². The highest BCUT2D eigenvalue weighted by molar-refractivity contribution is 7.89. The van der Waals surface area contributed by atoms with Crippen molar-refractivity contribution in [2.45, 2.75) is 32.5 Å². The van der Waals surface area contributed by atoms with Gasteiger partial charge >= 0.3 is 0 Å². The molecule has 12 heteroatoms. The van der Waals surface area contributed by atoms with Gasteiger partial charge in [0.2, 0.25) is 10.0 Å². The molecule has 5 rings (SSSR count). The second kappa shape index (κ2) is 12.7. The molecule has 9 nitrogen and oxygen atoms in total. The summed E-state index contributed by atoms with van der Waals surface area (Å²) < 4.78 is 58.4. The Bertz CT molecular complexity index is 1760. The van der Waals surface area contributed by atoms with E-state index >= 15 is 0 Å². The monoisotopic (exact) mass is 626 g/mol. The second-order valence-corrected chi connectivity index (χ2v) is 12.7. The molecule has 1 aliphatic heterocycles. The minimum absolute atomic E-state index is 0.0156. The van der Waals surface area contributed by atoms with E-state index in [2.05, 4.69) is 15.3 Å². The molecule has 1 unspecified atom stereocenters. The van der Waals surface area contributed by atoms with Crippen LogP contribution < -0.4 is 14.8 Å². The van der Waals surface area contributed by atoms with Gasteiger partial charge in [0, 0.05) is 35.7 Å². The Kier molecular flexibility index (Phi) is 9.05. The summed E-state index contributed by atoms with van der Waals surface area (Å²) in [6, 6.07) is 15.1. The van der Waals surface area contributed by atoms with Gasteiger partial charge in [0.15, 0.2) is 5.60 Å². The summed E-state index contributed by atoms with van der Waals surface area (Å²) in [4.78, 5) is 8.92. The number of ether oxygens (including phenoxy) is 3. The van der Waals surface area contributed by atoms with Gasteiger partial charge in [-0.05, 0) is 55.0 Å². The minimum atomic E-state index is -3.48. The average Bonchev–Trinajstić information content (AvgIpc) is 3.48. The fourth-order valence-corrected chi connectivity index (χ4v) is 6.43. The summed E-state index contributed by atoms with van der Waals surface area (Å²) in [5.74, 6) is 1.13. The number of halogens is 2. The molecule has 4 aromatic rings. The van der Waals surface area contributed by atoms with Crippen molar-refractivity contribution < 1.29 is 27.0 Å². The molecule has 43 heavy (non-hydrogen) atoms. The van der Waals surface area contributed by atoms with E-state index in [1.54, 1.807) is 63.6 Å². The topological polar surface area (TPSA) is 103 Å². The maximum atomic E-state index is 13.5. The number of sulfonamides is 1. The molecule has 1 aromatic heterocycles. The molecule has 2 heterocycles. The highest BCUT2D eigenvalue weighted by atomic mass is 35.5. The normalized spacial score (nSPS) is 16.4. The number of rotatable bonds is 12. The van der Waals surface area contributed by atoms with Crippen LogP contribution in [0.1, 0.15) is 31.4 Å². The number of likely N-dealkylation sites (N-methyl/N-ethyl adjacent to an activating group) is 1. The fourth-order valence-electron chi connectivity index (χ4n) is 5.03. The van der Waals surface area contributed by atoms with Gasteiger partial charge in [-0.15, -0.1) is 0 Å². The van der Waals surface area contributed by atoms with Crippen LogP contribution in [-0.4, -0.2) is 48.6 Å². The first kappa shape index (κ1) is 30.5. The van der Waals surface area contributed by atoms with E-state index in [1.165, 1.54) is 22.8 Å². The number of nitrogens with zero attached hydrogens (tertiary/aromatic N) is 3. The van der Waals surface area contributed by atoms with Crippen molar-refractivity contribution in [2.24, 2.45) is 0 Å². The van der Waals surface area contributed by atoms with E-state index in [9.17, 15) is 12.8 Å². The highest BCUT2D eigenvalue weighted by Crippen LogP contribution is 2.43. The van der Waals surface area contributed by atoms with E-state index in [1.807, 2.05) is 12.1 Å². The van der Waals surface area contributed by atoms with Crippen LogP contribution in [0.4, 0.5) is 15.9 Å². The summed E-state index contributed by atoms with van der Waals surface area (Å²) in [6.07, 6.45) is 5.36. The Morgan fingerprint density at radius 2 is 1.95 bits per heavy atom. The summed E-state index contributed by atoms with van der Waals surface area (Å²) >= 11 is 6.53. The smallest absolute Gasteiger partial charge is 0.213 e. The molecule has 0 amide bonds. The Labute approximate surface area is 255 Å². The van der Waals surface area contributed by atoms with E-state index < -0.39 is 15.6 Å². The number of hydrogen-bond acceptors (Lipinski definition) is 8. The molecular formula is C31H32ClFN4O5S. The second-order valence-electron chi connectivity index (χ2n) is 10.00. The lowest BCUT2D eigenvalue weighted by Crippen LogP contribution is -2.44. The van der Waals surface area contributed by atoms with Crippen LogP contribution in [0.2, 0.25) is 5.02 Å². The lowest BCUT2D eigenvalue weighted by molar-refractivity contribution is 0.0221. The summed E-state index contributed by atoms with van der Waals surface area (Å²) in [6.45, 7) is 4.01. The molecule has 0 saturated carbocycles. The zero-order valence-corrected chi connectivity index (χ0v) is 25.6. The van der Waals surface area contributed by atoms with Crippen LogP contribution in [0.3, 0.4) is 0 Å². The standard InChI is InChI=1S/C31H32ClFN4O5S/c1-4-37(43(38,39)5-2)19-31(12-7-13-42-31)25-16-24-27(17-29(25)40-3)34-20-35-30(24)36-23-10-11-28(26(32)15-23)41-18-21-8-6-9-22(33)14-21/h6-11,13-17,20H,4-5,12,18-19H2,1-3H3,(H,34,35,36). The van der Waals surface area contributed by atoms with Gasteiger partial charge in [-0.25, -0.2) is 22.8 Å². The van der Waals surface area contributed by atoms with Crippen LogP contribution >= 0.6 is 11.6 Å². The van der Waals surface area contributed by atoms with E-state index in [0.29, 0.717) is 63.0 Å². The molecule has 0 saturated heterocycles. The number of benzene rings is 3. The maximum absolute atomic E-state index is 13.5. The number of aromatic nitrogens is 2. The van der Waals surface area contributed by atoms with Crippen LogP contribution in [0.15, 0.2) is 73.3 Å². The first-order chi connectivity index (χ1) is 20.7. The first-order valence-corrected chi connectivity index (χ1v) is 15.7. The molecule has 1 atom stereocenters. The number of anilines is 2. The molecule has 226 valence electrons. The molecule has 0 aliphatic carbocycles. The zero-order valence-electron chi connectivity index (χ0n) is 24.0. The molecule has 1 N–H and O–H groups in total. The van der Waals surface area contributed by atoms with Gasteiger partial charge in [-0.2, -0.15) is 4.31 Å². The van der Waals surface area contributed by atoms with Gasteiger partial charge in [0.05, 0.1) is 36.2 Å². The van der Waals surface area contributed by atoms with Crippen molar-refractivity contribution in [3.05, 3.63) is 95.2 Å². The first-order valence-electron chi connectivity index (χ1n) is 13.8. The van der Waals surface area contributed by atoms with E-state index in [4.69, 9.17) is 25.8 Å². The zero-order chi connectivity index (χ0) is 30.6. The van der Waals surface area contributed by atoms with E-state index in [-0.39, 0.29) is 24.7 Å². The Morgan fingerprint density at radius 3 is 2.63 bits per heavy atom. The van der Waals surface area contributed by atoms with Crippen molar-refractivity contribution in [2.75, 3.05) is 31.3 Å². The fraction of sp³-hybridized carbons (Fsp3) is 0.290. The molecule has 0 spiro atoms. The van der Waals surface area contributed by atoms with Crippen LogP contribution in [-0.2, 0) is 27.0 Å². The highest BCUT2D eigenvalue weighted by Gasteiger charge is 2.42. The third kappa shape index (κ3) is 6.53. The third-order valence-electron chi connectivity index (χ3n) is 7.31. The van der Waals surface area contributed by atoms with Gasteiger partial charge in [-0.3, -0.25) is 0 Å². The van der Waals surface area contributed by atoms with Crippen LogP contribution in [0.25, 0.3) is 10.9 Å². The lowest BCUT2D eigenvalue weighted by atomic mass is 9.89. The van der Waals surface area contributed by atoms with Gasteiger partial charge in [0.25, 0.3) is 0 Å². The van der Waals surface area contributed by atoms with Gasteiger partial charge in [0.1, 0.15) is 36.1 Å².